The summed E-state index contributed by atoms with van der Waals surface area (Å²) in [5.74, 6) is -8.38. The van der Waals surface area contributed by atoms with Gasteiger partial charge in [-0.3, -0.25) is 54.0 Å². The zero-order valence-corrected chi connectivity index (χ0v) is 42.8. The second kappa shape index (κ2) is 30.2. The highest BCUT2D eigenvalue weighted by atomic mass is 16.2. The van der Waals surface area contributed by atoms with Gasteiger partial charge in [0.25, 0.3) is 0 Å². The predicted molar refractivity (Wildman–Crippen MR) is 283 cm³/mol. The smallest absolute Gasteiger partial charge is 0.243 e. The van der Waals surface area contributed by atoms with Gasteiger partial charge in [-0.15, -0.1) is 0 Å². The highest BCUT2D eigenvalue weighted by molar-refractivity contribution is 5.99. The van der Waals surface area contributed by atoms with Crippen LogP contribution in [-0.4, -0.2) is 132 Å². The zero-order valence-electron chi connectivity index (χ0n) is 42.8. The van der Waals surface area contributed by atoms with Crippen molar-refractivity contribution in [2.45, 2.75) is 120 Å². The molecule has 0 radical (unpaired) electrons. The van der Waals surface area contributed by atoms with Crippen molar-refractivity contribution < 1.29 is 43.2 Å². The van der Waals surface area contributed by atoms with E-state index in [0.29, 0.717) is 11.1 Å². The lowest BCUT2D eigenvalue weighted by atomic mass is 10.0. The Morgan fingerprint density at radius 2 is 1.36 bits per heavy atom. The Kier molecular flexibility index (Phi) is 23.7. The quantitative estimate of drug-likeness (QED) is 0.0339. The van der Waals surface area contributed by atoms with Crippen molar-refractivity contribution in [1.82, 2.24) is 58.2 Å². The molecule has 0 spiro atoms. The summed E-state index contributed by atoms with van der Waals surface area (Å²) in [4.78, 5) is 127. The van der Waals surface area contributed by atoms with Gasteiger partial charge in [-0.25, -0.2) is 0 Å². The Hall–Kier alpha value is -9.22. The van der Waals surface area contributed by atoms with Crippen molar-refractivity contribution in [1.29, 1.82) is 16.1 Å². The first-order valence-electron chi connectivity index (χ1n) is 24.9. The van der Waals surface area contributed by atoms with Crippen molar-refractivity contribution in [2.24, 2.45) is 22.9 Å². The standard InChI is InChI=1S/C50H70N18O9/c1-27(52)33-10-5-19-58-42(71)18-17-37(65-43(72)35(62-28(2)69)11-6-20-59-49(54)55)45(74)68-40(24-41(53)70)48(77)66-38(22-29-13-15-30(25-51)16-14-29)46(75)64-36(12-7-21-60-50(56)57)44(73)67-39(47(76)63-33)23-31-26-61-34-9-4-3-8-32(31)34/h3-4,8-9,13-16,26,33,35-40,61H,1,5-7,10-12,17-24,52H2,2H3,(H2,53,70)(H,58,71)(H,62,69)(H,63,76)(H,64,75)(H,65,72)(H,66,77)(H,67,73)(H,68,74)(H4,54,55,59)(H4,56,57,60)/t33?,35-,36-,37-,38+,39-,40-/m0/s1. The maximum Gasteiger partial charge on any atom is 0.243 e. The van der Waals surface area contributed by atoms with Crippen LogP contribution in [0.15, 0.2) is 67.0 Å². The van der Waals surface area contributed by atoms with Crippen molar-refractivity contribution in [3.63, 3.8) is 0 Å². The molecule has 21 N–H and O–H groups in total. The summed E-state index contributed by atoms with van der Waals surface area (Å²) in [7, 11) is 0. The van der Waals surface area contributed by atoms with Gasteiger partial charge < -0.3 is 81.1 Å². The molecule has 1 aromatic heterocycles. The van der Waals surface area contributed by atoms with Gasteiger partial charge in [0.2, 0.25) is 53.2 Å². The number of amides is 9. The summed E-state index contributed by atoms with van der Waals surface area (Å²) in [5, 5.41) is 51.6. The van der Waals surface area contributed by atoms with E-state index < -0.39 is 102 Å². The largest absolute Gasteiger partial charge is 0.401 e. The molecule has 1 aliphatic rings. The van der Waals surface area contributed by atoms with Gasteiger partial charge in [-0.1, -0.05) is 36.9 Å². The molecular formula is C50H70N18O9. The van der Waals surface area contributed by atoms with E-state index in [4.69, 9.17) is 33.8 Å². The van der Waals surface area contributed by atoms with Crippen LogP contribution < -0.4 is 76.1 Å². The molecule has 27 nitrogen and oxygen atoms in total. The van der Waals surface area contributed by atoms with Crippen LogP contribution in [0.3, 0.4) is 0 Å². The van der Waals surface area contributed by atoms with Gasteiger partial charge in [0.05, 0.1) is 24.1 Å². The van der Waals surface area contributed by atoms with Crippen LogP contribution >= 0.6 is 0 Å². The Labute approximate surface area is 444 Å². The number of carbonyl (C=O) groups excluding carboxylic acids is 9. The van der Waals surface area contributed by atoms with Crippen LogP contribution in [-0.2, 0) is 56.0 Å². The minimum absolute atomic E-state index is 0.00908. The maximum atomic E-state index is 14.6. The number of fused-ring (bicyclic) bond motifs is 1. The number of guanidine groups is 2. The number of nitrogens with two attached hydrogens (primary N) is 4. The topological polar surface area (TPSA) is 465 Å². The van der Waals surface area contributed by atoms with Gasteiger partial charge in [-0.2, -0.15) is 5.26 Å². The van der Waals surface area contributed by atoms with Gasteiger partial charge in [-0.05, 0) is 74.3 Å². The molecule has 3 aromatic rings. The van der Waals surface area contributed by atoms with Crippen LogP contribution in [0.4, 0.5) is 0 Å². The van der Waals surface area contributed by atoms with Crippen molar-refractivity contribution in [2.75, 3.05) is 19.6 Å². The lowest BCUT2D eigenvalue weighted by Gasteiger charge is -2.28. The van der Waals surface area contributed by atoms with Crippen LogP contribution in [0.25, 0.3) is 10.9 Å². The normalized spacial score (nSPS) is 20.7. The molecule has 7 atom stereocenters. The fourth-order valence-corrected chi connectivity index (χ4v) is 8.29. The third-order valence-corrected chi connectivity index (χ3v) is 12.3. The molecule has 2 aromatic carbocycles. The number of para-hydroxylation sites is 1. The molecule has 9 amide bonds. The Balaban J connectivity index is 1.79. The number of carbonyl (C=O) groups is 9. The van der Waals surface area contributed by atoms with E-state index in [0.717, 1.165) is 10.9 Å². The first-order chi connectivity index (χ1) is 36.6. The molecule has 27 heteroatoms. The highest BCUT2D eigenvalue weighted by Gasteiger charge is 2.35. The Morgan fingerprint density at radius 1 is 0.766 bits per heavy atom. The van der Waals surface area contributed by atoms with Crippen LogP contribution in [0.5, 0.6) is 0 Å². The molecule has 0 saturated carbocycles. The number of hydrogen-bond acceptors (Lipinski definition) is 13. The van der Waals surface area contributed by atoms with Crippen LogP contribution in [0.1, 0.15) is 81.4 Å². The van der Waals surface area contributed by atoms with E-state index in [1.54, 1.807) is 6.20 Å². The number of primary amides is 1. The summed E-state index contributed by atoms with van der Waals surface area (Å²) in [6.45, 7) is 5.30. The molecule has 1 aliphatic heterocycles. The minimum Gasteiger partial charge on any atom is -0.401 e. The van der Waals surface area contributed by atoms with Crippen molar-refractivity contribution in [3.05, 3.63) is 83.7 Å². The molecule has 414 valence electrons. The molecule has 1 fully saturated rings. The molecule has 1 saturated heterocycles. The molecule has 4 rings (SSSR count). The van der Waals surface area contributed by atoms with Crippen molar-refractivity contribution >= 4 is 76.0 Å². The van der Waals surface area contributed by atoms with E-state index in [-0.39, 0.29) is 107 Å². The highest BCUT2D eigenvalue weighted by Crippen LogP contribution is 2.20. The summed E-state index contributed by atoms with van der Waals surface area (Å²) in [5.41, 5.74) is 24.9. The summed E-state index contributed by atoms with van der Waals surface area (Å²) in [6, 6.07) is 5.53. The average Bonchev–Trinajstić information content (AvgIpc) is 3.78. The van der Waals surface area contributed by atoms with E-state index in [1.807, 2.05) is 30.3 Å². The molecule has 2 heterocycles. The van der Waals surface area contributed by atoms with Crippen molar-refractivity contribution in [3.8, 4) is 6.07 Å². The number of nitrogens with one attached hydrogen (secondary N) is 13. The Morgan fingerprint density at radius 3 is 2.00 bits per heavy atom. The fraction of sp³-hybridized carbons (Fsp3) is 0.440. The number of hydrogen-bond donors (Lipinski definition) is 17. The number of H-pyrrole nitrogens is 1. The zero-order chi connectivity index (χ0) is 56.6. The predicted octanol–water partition coefficient (Wildman–Crippen LogP) is -3.20. The average molecular weight is 1070 g/mol. The fourth-order valence-electron chi connectivity index (χ4n) is 8.29. The minimum atomic E-state index is -1.80. The van der Waals surface area contributed by atoms with E-state index in [2.05, 4.69) is 64.7 Å². The van der Waals surface area contributed by atoms with Crippen LogP contribution in [0, 0.1) is 22.1 Å². The third kappa shape index (κ3) is 20.5. The number of benzene rings is 2. The SMILES string of the molecule is C=C(N)C1CCCNC(=O)CC[C@H](NC(=O)[C@H](CCCNC(=N)N)NC(C)=O)C(=O)N[C@@H](CC(N)=O)C(=O)N[C@H](Cc2ccc(C#N)cc2)C(=O)N[C@@H](CCCNC(=N)N)C(=O)N[C@@H](Cc2c[nH]c3ccccc23)C(=O)N1. The molecular weight excluding hydrogens is 997 g/mol. The summed E-state index contributed by atoms with van der Waals surface area (Å²) < 4.78 is 0. The second-order valence-corrected chi connectivity index (χ2v) is 18.4. The van der Waals surface area contributed by atoms with Gasteiger partial charge in [0.1, 0.15) is 36.3 Å². The molecule has 77 heavy (non-hydrogen) atoms. The Bertz CT molecular complexity index is 2690. The van der Waals surface area contributed by atoms with E-state index in [9.17, 15) is 48.4 Å². The van der Waals surface area contributed by atoms with Gasteiger partial charge in [0.15, 0.2) is 11.9 Å². The third-order valence-electron chi connectivity index (χ3n) is 12.3. The second-order valence-electron chi connectivity index (χ2n) is 18.4. The van der Waals surface area contributed by atoms with Gasteiger partial charge in [0, 0.05) is 68.6 Å². The lowest BCUT2D eigenvalue weighted by molar-refractivity contribution is -0.136. The van der Waals surface area contributed by atoms with E-state index in [1.165, 1.54) is 31.2 Å². The first kappa shape index (κ1) is 60.3. The number of nitrogens with zero attached hydrogens (tertiary/aromatic N) is 1. The monoisotopic (exact) mass is 1070 g/mol. The van der Waals surface area contributed by atoms with Crippen LogP contribution in [0.2, 0.25) is 0 Å². The number of rotatable bonds is 18. The summed E-state index contributed by atoms with van der Waals surface area (Å²) in [6.07, 6.45) is 0.458. The molecule has 0 aliphatic carbocycles. The molecule has 0 bridgehead atoms. The maximum absolute atomic E-state index is 14.6. The lowest BCUT2D eigenvalue weighted by Crippen LogP contribution is -2.60. The van der Waals surface area contributed by atoms with Gasteiger partial charge >= 0.3 is 0 Å². The number of aromatic nitrogens is 1. The summed E-state index contributed by atoms with van der Waals surface area (Å²) >= 11 is 0. The van der Waals surface area contributed by atoms with E-state index >= 15 is 0 Å². The number of aromatic amines is 1. The first-order valence-corrected chi connectivity index (χ1v) is 24.9. The molecule has 1 unspecified atom stereocenters. The number of nitriles is 1.